The number of carbonyl (C=O) groups excluding carboxylic acids is 2. The fourth-order valence-electron chi connectivity index (χ4n) is 2.13. The third kappa shape index (κ3) is 4.96. The van der Waals surface area contributed by atoms with Crippen LogP contribution in [0.15, 0.2) is 48.5 Å². The first-order chi connectivity index (χ1) is 11.7. The summed E-state index contributed by atoms with van der Waals surface area (Å²) >= 11 is 5.94. The van der Waals surface area contributed by atoms with Crippen molar-refractivity contribution in [1.82, 2.24) is 0 Å². The van der Waals surface area contributed by atoms with Gasteiger partial charge in [0.25, 0.3) is 0 Å². The molecule has 0 radical (unpaired) electrons. The smallest absolute Gasteiger partial charge is 0.325 e. The Hall–Kier alpha value is -2.54. The lowest BCUT2D eigenvalue weighted by atomic mass is 10.1. The first-order valence-corrected chi connectivity index (χ1v) is 7.56. The minimum Gasteiger partial charge on any atom is -0.325 e. The number of rotatable bonds is 4. The number of hydrogen-bond acceptors (Lipinski definition) is 2. The lowest BCUT2D eigenvalue weighted by Gasteiger charge is -2.23. The molecule has 0 saturated heterocycles. The van der Waals surface area contributed by atoms with Gasteiger partial charge < -0.3 is 10.2 Å². The third-order valence-electron chi connectivity index (χ3n) is 3.30. The van der Waals surface area contributed by atoms with Crippen LogP contribution in [-0.2, 0) is 15.8 Å². The molecule has 132 valence electrons. The SMILES string of the molecule is CC(=O)N(CC(=O)Nc1ccccc1)c1cc(C(F)(F)F)ccc1Cl. The van der Waals surface area contributed by atoms with E-state index in [1.807, 2.05) is 0 Å². The number of alkyl halides is 3. The van der Waals surface area contributed by atoms with Gasteiger partial charge in [-0.05, 0) is 30.3 Å². The van der Waals surface area contributed by atoms with Crippen molar-refractivity contribution in [3.05, 3.63) is 59.1 Å². The number of para-hydroxylation sites is 1. The highest BCUT2D eigenvalue weighted by Gasteiger charge is 2.32. The van der Waals surface area contributed by atoms with Gasteiger partial charge >= 0.3 is 6.18 Å². The number of carbonyl (C=O) groups is 2. The maximum Gasteiger partial charge on any atom is 0.416 e. The van der Waals surface area contributed by atoms with Crippen molar-refractivity contribution in [3.8, 4) is 0 Å². The molecule has 1 N–H and O–H groups in total. The molecule has 0 fully saturated rings. The van der Waals surface area contributed by atoms with E-state index in [-0.39, 0.29) is 10.7 Å². The molecule has 2 rings (SSSR count). The maximum atomic E-state index is 12.9. The Morgan fingerprint density at radius 1 is 1.12 bits per heavy atom. The number of benzene rings is 2. The van der Waals surface area contributed by atoms with E-state index in [9.17, 15) is 22.8 Å². The second kappa shape index (κ2) is 7.57. The van der Waals surface area contributed by atoms with E-state index in [4.69, 9.17) is 11.6 Å². The zero-order valence-corrected chi connectivity index (χ0v) is 13.9. The molecule has 0 unspecified atom stereocenters. The van der Waals surface area contributed by atoms with Gasteiger partial charge in [0, 0.05) is 12.6 Å². The number of hydrogen-bond donors (Lipinski definition) is 1. The second-order valence-corrected chi connectivity index (χ2v) is 5.59. The monoisotopic (exact) mass is 370 g/mol. The largest absolute Gasteiger partial charge is 0.416 e. The van der Waals surface area contributed by atoms with Crippen molar-refractivity contribution in [2.75, 3.05) is 16.8 Å². The van der Waals surface area contributed by atoms with Crippen molar-refractivity contribution in [1.29, 1.82) is 0 Å². The minimum absolute atomic E-state index is 0.0595. The fourth-order valence-corrected chi connectivity index (χ4v) is 2.35. The molecular weight excluding hydrogens is 357 g/mol. The first kappa shape index (κ1) is 18.8. The molecule has 0 spiro atoms. The van der Waals surface area contributed by atoms with Gasteiger partial charge in [0.15, 0.2) is 0 Å². The van der Waals surface area contributed by atoms with Crippen molar-refractivity contribution in [2.24, 2.45) is 0 Å². The van der Waals surface area contributed by atoms with Crippen molar-refractivity contribution < 1.29 is 22.8 Å². The Labute approximate surface area is 147 Å². The quantitative estimate of drug-likeness (QED) is 0.869. The first-order valence-electron chi connectivity index (χ1n) is 7.18. The number of halogens is 4. The van der Waals surface area contributed by atoms with Gasteiger partial charge in [0.05, 0.1) is 16.3 Å². The summed E-state index contributed by atoms with van der Waals surface area (Å²) in [6.07, 6.45) is -4.59. The summed E-state index contributed by atoms with van der Waals surface area (Å²) in [6.45, 7) is 0.678. The Balaban J connectivity index is 2.26. The molecule has 0 atom stereocenters. The third-order valence-corrected chi connectivity index (χ3v) is 3.62. The topological polar surface area (TPSA) is 49.4 Å². The molecule has 0 heterocycles. The van der Waals surface area contributed by atoms with Gasteiger partial charge in [-0.25, -0.2) is 0 Å². The van der Waals surface area contributed by atoms with Crippen LogP contribution in [0.5, 0.6) is 0 Å². The molecule has 0 aliphatic heterocycles. The number of anilines is 2. The zero-order valence-electron chi connectivity index (χ0n) is 13.1. The molecular formula is C17H14ClF3N2O2. The summed E-state index contributed by atoms with van der Waals surface area (Å²) in [5.41, 5.74) is -0.625. The normalized spacial score (nSPS) is 11.1. The van der Waals surface area contributed by atoms with Crippen LogP contribution < -0.4 is 10.2 Å². The molecule has 0 aliphatic carbocycles. The van der Waals surface area contributed by atoms with Crippen LogP contribution in [0.3, 0.4) is 0 Å². The van der Waals surface area contributed by atoms with Gasteiger partial charge in [-0.2, -0.15) is 13.2 Å². The molecule has 0 aromatic heterocycles. The van der Waals surface area contributed by atoms with Gasteiger partial charge in [0.1, 0.15) is 6.54 Å². The Morgan fingerprint density at radius 2 is 1.76 bits per heavy atom. The van der Waals surface area contributed by atoms with Gasteiger partial charge in [0.2, 0.25) is 11.8 Å². The Bertz CT molecular complexity index is 779. The number of nitrogens with zero attached hydrogens (tertiary/aromatic N) is 1. The van der Waals surface area contributed by atoms with E-state index in [1.165, 1.54) is 0 Å². The zero-order chi connectivity index (χ0) is 18.6. The summed E-state index contributed by atoms with van der Waals surface area (Å²) in [6, 6.07) is 11.1. The van der Waals surface area contributed by atoms with Crippen molar-refractivity contribution >= 4 is 34.8 Å². The highest BCUT2D eigenvalue weighted by atomic mass is 35.5. The van der Waals surface area contributed by atoms with E-state index < -0.39 is 30.1 Å². The number of amides is 2. The van der Waals surface area contributed by atoms with Crippen LogP contribution in [0.1, 0.15) is 12.5 Å². The highest BCUT2D eigenvalue weighted by Crippen LogP contribution is 2.35. The lowest BCUT2D eigenvalue weighted by molar-refractivity contribution is -0.137. The van der Waals surface area contributed by atoms with Gasteiger partial charge in [-0.15, -0.1) is 0 Å². The Morgan fingerprint density at radius 3 is 2.32 bits per heavy atom. The molecule has 0 saturated carbocycles. The molecule has 2 amide bonds. The Kier molecular flexibility index (Phi) is 5.69. The predicted octanol–water partition coefficient (Wildman–Crippen LogP) is 4.35. The minimum atomic E-state index is -4.59. The van der Waals surface area contributed by atoms with Crippen LogP contribution in [0.25, 0.3) is 0 Å². The van der Waals surface area contributed by atoms with Crippen molar-refractivity contribution in [3.63, 3.8) is 0 Å². The maximum absolute atomic E-state index is 12.9. The van der Waals surface area contributed by atoms with E-state index >= 15 is 0 Å². The second-order valence-electron chi connectivity index (χ2n) is 5.18. The van der Waals surface area contributed by atoms with E-state index in [2.05, 4.69) is 5.32 Å². The highest BCUT2D eigenvalue weighted by molar-refractivity contribution is 6.34. The molecule has 25 heavy (non-hydrogen) atoms. The molecule has 4 nitrogen and oxygen atoms in total. The lowest BCUT2D eigenvalue weighted by Crippen LogP contribution is -2.37. The molecule has 8 heteroatoms. The molecule has 0 aliphatic rings. The average Bonchev–Trinajstić information content (AvgIpc) is 2.53. The van der Waals surface area contributed by atoms with Crippen LogP contribution in [0, 0.1) is 0 Å². The van der Waals surface area contributed by atoms with Crippen LogP contribution in [-0.4, -0.2) is 18.4 Å². The van der Waals surface area contributed by atoms with Crippen LogP contribution in [0.4, 0.5) is 24.5 Å². The standard InChI is InChI=1S/C17H14ClF3N2O2/c1-11(24)23(10-16(25)22-13-5-3-2-4-6-13)15-9-12(17(19,20)21)7-8-14(15)18/h2-9H,10H2,1H3,(H,22,25). The van der Waals surface area contributed by atoms with E-state index in [0.29, 0.717) is 5.69 Å². The number of nitrogens with one attached hydrogen (secondary N) is 1. The summed E-state index contributed by atoms with van der Waals surface area (Å²) in [5.74, 6) is -1.17. The average molecular weight is 371 g/mol. The summed E-state index contributed by atoms with van der Waals surface area (Å²) in [7, 11) is 0. The summed E-state index contributed by atoms with van der Waals surface area (Å²) in [4.78, 5) is 24.9. The molecule has 2 aromatic carbocycles. The van der Waals surface area contributed by atoms with Crippen LogP contribution in [0.2, 0.25) is 5.02 Å². The summed E-state index contributed by atoms with van der Waals surface area (Å²) < 4.78 is 38.7. The molecule has 0 bridgehead atoms. The van der Waals surface area contributed by atoms with Crippen LogP contribution >= 0.6 is 11.6 Å². The van der Waals surface area contributed by atoms with Gasteiger partial charge in [-0.1, -0.05) is 29.8 Å². The van der Waals surface area contributed by atoms with Crippen molar-refractivity contribution in [2.45, 2.75) is 13.1 Å². The fraction of sp³-hybridized carbons (Fsp3) is 0.176. The molecule has 2 aromatic rings. The van der Waals surface area contributed by atoms with Gasteiger partial charge in [-0.3, -0.25) is 9.59 Å². The van der Waals surface area contributed by atoms with E-state index in [1.54, 1.807) is 30.3 Å². The predicted molar refractivity (Wildman–Crippen MR) is 89.6 cm³/mol. The summed E-state index contributed by atoms with van der Waals surface area (Å²) in [5, 5.41) is 2.50. The van der Waals surface area contributed by atoms with E-state index in [0.717, 1.165) is 30.0 Å².